The van der Waals surface area contributed by atoms with E-state index >= 15 is 0 Å². The van der Waals surface area contributed by atoms with Gasteiger partial charge >= 0.3 is 0 Å². The second-order valence-electron chi connectivity index (χ2n) is 5.46. The Bertz CT molecular complexity index is 613. The first-order valence-electron chi connectivity index (χ1n) is 7.35. The largest absolute Gasteiger partial charge is 0.295 e. The number of hydrogen-bond donors (Lipinski definition) is 0. The smallest absolute Gasteiger partial charge is 0.148 e. The van der Waals surface area contributed by atoms with Crippen molar-refractivity contribution in [1.82, 2.24) is 19.8 Å². The van der Waals surface area contributed by atoms with E-state index in [0.29, 0.717) is 12.2 Å². The second-order valence-corrected chi connectivity index (χ2v) is 5.46. The van der Waals surface area contributed by atoms with Crippen LogP contribution in [0.15, 0.2) is 36.7 Å². The zero-order valence-electron chi connectivity index (χ0n) is 12.3. The van der Waals surface area contributed by atoms with E-state index in [9.17, 15) is 8.78 Å². The van der Waals surface area contributed by atoms with Crippen LogP contribution in [0.25, 0.3) is 0 Å². The van der Waals surface area contributed by atoms with Gasteiger partial charge in [0.25, 0.3) is 0 Å². The molecule has 0 radical (unpaired) electrons. The average Bonchev–Trinajstić information content (AvgIpc) is 2.53. The molecule has 1 aliphatic heterocycles. The molecule has 3 rings (SSSR count). The van der Waals surface area contributed by atoms with E-state index in [1.807, 2.05) is 18.2 Å². The standard InChI is InChI=1S/C16H18F2N4/c17-13-9-15(18)16(20-10-13)12-22-7-5-21(6-8-22)11-14-3-1-2-4-19-14/h1-4,9-10H,5-8,11-12H2. The molecule has 2 aromatic heterocycles. The van der Waals surface area contributed by atoms with E-state index in [1.54, 1.807) is 6.20 Å². The highest BCUT2D eigenvalue weighted by Crippen LogP contribution is 2.12. The second kappa shape index (κ2) is 6.89. The van der Waals surface area contributed by atoms with Crippen molar-refractivity contribution in [3.05, 3.63) is 59.7 Å². The quantitative estimate of drug-likeness (QED) is 0.865. The minimum absolute atomic E-state index is 0.305. The predicted octanol–water partition coefficient (Wildman–Crippen LogP) is 2.07. The van der Waals surface area contributed by atoms with Gasteiger partial charge in [0.1, 0.15) is 11.6 Å². The van der Waals surface area contributed by atoms with E-state index in [0.717, 1.165) is 50.7 Å². The number of piperazine rings is 1. The van der Waals surface area contributed by atoms with Crippen molar-refractivity contribution in [3.63, 3.8) is 0 Å². The van der Waals surface area contributed by atoms with Crippen LogP contribution in [-0.4, -0.2) is 45.9 Å². The molecule has 22 heavy (non-hydrogen) atoms. The van der Waals surface area contributed by atoms with Crippen molar-refractivity contribution in [2.24, 2.45) is 0 Å². The van der Waals surface area contributed by atoms with Gasteiger partial charge in [-0.15, -0.1) is 0 Å². The third-order valence-electron chi connectivity index (χ3n) is 3.83. The third-order valence-corrected chi connectivity index (χ3v) is 3.83. The Morgan fingerprint density at radius 1 is 0.955 bits per heavy atom. The first-order valence-corrected chi connectivity index (χ1v) is 7.35. The van der Waals surface area contributed by atoms with Crippen molar-refractivity contribution in [2.45, 2.75) is 13.1 Å². The number of rotatable bonds is 4. The molecule has 3 heterocycles. The lowest BCUT2D eigenvalue weighted by Crippen LogP contribution is -2.45. The van der Waals surface area contributed by atoms with Crippen LogP contribution in [0.2, 0.25) is 0 Å². The summed E-state index contributed by atoms with van der Waals surface area (Å²) >= 11 is 0. The zero-order valence-corrected chi connectivity index (χ0v) is 12.3. The fourth-order valence-corrected chi connectivity index (χ4v) is 2.60. The van der Waals surface area contributed by atoms with Crippen molar-refractivity contribution in [1.29, 1.82) is 0 Å². The lowest BCUT2D eigenvalue weighted by Gasteiger charge is -2.34. The van der Waals surface area contributed by atoms with Crippen molar-refractivity contribution < 1.29 is 8.78 Å². The highest BCUT2D eigenvalue weighted by molar-refractivity contribution is 5.09. The first-order chi connectivity index (χ1) is 10.7. The van der Waals surface area contributed by atoms with Gasteiger partial charge < -0.3 is 0 Å². The van der Waals surface area contributed by atoms with E-state index in [4.69, 9.17) is 0 Å². The number of hydrogen-bond acceptors (Lipinski definition) is 4. The molecule has 0 atom stereocenters. The maximum Gasteiger partial charge on any atom is 0.148 e. The first kappa shape index (κ1) is 15.0. The topological polar surface area (TPSA) is 32.3 Å². The van der Waals surface area contributed by atoms with Crippen LogP contribution in [0, 0.1) is 11.6 Å². The zero-order chi connectivity index (χ0) is 15.4. The molecule has 0 N–H and O–H groups in total. The summed E-state index contributed by atoms with van der Waals surface area (Å²) < 4.78 is 26.5. The number of pyridine rings is 2. The molecule has 1 fully saturated rings. The van der Waals surface area contributed by atoms with Gasteiger partial charge in [-0.25, -0.2) is 8.78 Å². The maximum atomic E-state index is 13.6. The predicted molar refractivity (Wildman–Crippen MR) is 78.9 cm³/mol. The Morgan fingerprint density at radius 3 is 2.32 bits per heavy atom. The Labute approximate surface area is 128 Å². The monoisotopic (exact) mass is 304 g/mol. The fraction of sp³-hybridized carbons (Fsp3) is 0.375. The highest BCUT2D eigenvalue weighted by Gasteiger charge is 2.19. The summed E-state index contributed by atoms with van der Waals surface area (Å²) in [4.78, 5) is 12.6. The van der Waals surface area contributed by atoms with Crippen molar-refractivity contribution in [2.75, 3.05) is 26.2 Å². The lowest BCUT2D eigenvalue weighted by atomic mass is 10.2. The maximum absolute atomic E-state index is 13.6. The molecule has 1 aliphatic rings. The fourth-order valence-electron chi connectivity index (χ4n) is 2.60. The SMILES string of the molecule is Fc1cnc(CN2CCN(Cc3ccccn3)CC2)c(F)c1. The number of halogens is 2. The van der Waals surface area contributed by atoms with Crippen LogP contribution < -0.4 is 0 Å². The van der Waals surface area contributed by atoms with Crippen LogP contribution in [0.5, 0.6) is 0 Å². The molecular weight excluding hydrogens is 286 g/mol. The van der Waals surface area contributed by atoms with Crippen LogP contribution >= 0.6 is 0 Å². The van der Waals surface area contributed by atoms with Gasteiger partial charge in [-0.1, -0.05) is 6.07 Å². The van der Waals surface area contributed by atoms with Crippen LogP contribution in [-0.2, 0) is 13.1 Å². The number of nitrogens with zero attached hydrogens (tertiary/aromatic N) is 4. The van der Waals surface area contributed by atoms with Gasteiger partial charge in [0, 0.05) is 51.5 Å². The normalized spacial score (nSPS) is 16.8. The van der Waals surface area contributed by atoms with Gasteiger partial charge in [0.15, 0.2) is 0 Å². The van der Waals surface area contributed by atoms with Crippen LogP contribution in [0.3, 0.4) is 0 Å². The van der Waals surface area contributed by atoms with Crippen molar-refractivity contribution in [3.8, 4) is 0 Å². The Morgan fingerprint density at radius 2 is 1.68 bits per heavy atom. The van der Waals surface area contributed by atoms with E-state index in [-0.39, 0.29) is 0 Å². The molecule has 116 valence electrons. The van der Waals surface area contributed by atoms with Crippen LogP contribution in [0.4, 0.5) is 8.78 Å². The summed E-state index contributed by atoms with van der Waals surface area (Å²) in [5.41, 5.74) is 1.36. The minimum atomic E-state index is -0.638. The van der Waals surface area contributed by atoms with E-state index in [1.165, 1.54) is 0 Å². The minimum Gasteiger partial charge on any atom is -0.295 e. The Balaban J connectivity index is 1.51. The third kappa shape index (κ3) is 3.84. The summed E-state index contributed by atoms with van der Waals surface area (Å²) in [6, 6.07) is 6.80. The molecule has 0 unspecified atom stereocenters. The summed E-state index contributed by atoms with van der Waals surface area (Å²) in [6.45, 7) is 4.73. The number of aromatic nitrogens is 2. The molecule has 0 spiro atoms. The molecule has 1 saturated heterocycles. The summed E-state index contributed by atoms with van der Waals surface area (Å²) in [5, 5.41) is 0. The van der Waals surface area contributed by atoms with E-state index in [2.05, 4.69) is 19.8 Å². The molecule has 0 aliphatic carbocycles. The molecule has 4 nitrogen and oxygen atoms in total. The summed E-state index contributed by atoms with van der Waals surface area (Å²) in [6.07, 6.45) is 2.87. The summed E-state index contributed by atoms with van der Waals surface area (Å²) in [7, 11) is 0. The molecule has 0 aromatic carbocycles. The highest BCUT2D eigenvalue weighted by atomic mass is 19.1. The molecule has 0 bridgehead atoms. The molecule has 2 aromatic rings. The van der Waals surface area contributed by atoms with Gasteiger partial charge in [-0.05, 0) is 12.1 Å². The van der Waals surface area contributed by atoms with Crippen molar-refractivity contribution >= 4 is 0 Å². The summed E-state index contributed by atoms with van der Waals surface area (Å²) in [5.74, 6) is -1.21. The lowest BCUT2D eigenvalue weighted by molar-refractivity contribution is 0.119. The molecule has 0 amide bonds. The Hall–Kier alpha value is -1.92. The van der Waals surface area contributed by atoms with E-state index < -0.39 is 11.6 Å². The average molecular weight is 304 g/mol. The van der Waals surface area contributed by atoms with Gasteiger partial charge in [-0.3, -0.25) is 19.8 Å². The van der Waals surface area contributed by atoms with Gasteiger partial charge in [0.2, 0.25) is 0 Å². The van der Waals surface area contributed by atoms with Gasteiger partial charge in [-0.2, -0.15) is 0 Å². The molecule has 6 heteroatoms. The Kier molecular flexibility index (Phi) is 4.70. The molecular formula is C16H18F2N4. The van der Waals surface area contributed by atoms with Gasteiger partial charge in [0.05, 0.1) is 17.6 Å². The molecule has 0 saturated carbocycles. The van der Waals surface area contributed by atoms with Crippen LogP contribution in [0.1, 0.15) is 11.4 Å².